The predicted octanol–water partition coefficient (Wildman–Crippen LogP) is 1.78. The van der Waals surface area contributed by atoms with Gasteiger partial charge in [0, 0.05) is 13.1 Å². The lowest BCUT2D eigenvalue weighted by atomic mass is 9.98. The molecular weight excluding hydrogens is 242 g/mol. The van der Waals surface area contributed by atoms with Crippen molar-refractivity contribution in [1.29, 1.82) is 0 Å². The maximum absolute atomic E-state index is 12.4. The number of likely N-dealkylation sites (tertiary alicyclic amines) is 1. The first kappa shape index (κ1) is 13.9. The molecule has 0 radical (unpaired) electrons. The van der Waals surface area contributed by atoms with Gasteiger partial charge in [0.15, 0.2) is 0 Å². The van der Waals surface area contributed by atoms with E-state index in [9.17, 15) is 9.90 Å². The summed E-state index contributed by atoms with van der Waals surface area (Å²) in [5.74, 6) is 0.692. The second kappa shape index (κ2) is 6.06. The number of rotatable bonds is 3. The van der Waals surface area contributed by atoms with Gasteiger partial charge in [-0.3, -0.25) is 4.79 Å². The van der Waals surface area contributed by atoms with Crippen molar-refractivity contribution in [3.05, 3.63) is 29.8 Å². The molecule has 1 heterocycles. The van der Waals surface area contributed by atoms with E-state index in [-0.39, 0.29) is 17.9 Å². The largest absolute Gasteiger partial charge is 0.497 e. The fraction of sp³-hybridized carbons (Fsp3) is 0.533. The molecule has 1 saturated heterocycles. The van der Waals surface area contributed by atoms with E-state index in [4.69, 9.17) is 4.74 Å². The summed E-state index contributed by atoms with van der Waals surface area (Å²) in [4.78, 5) is 14.1. The number of carbonyl (C=O) groups is 1. The van der Waals surface area contributed by atoms with Crippen molar-refractivity contribution in [2.45, 2.75) is 31.8 Å². The van der Waals surface area contributed by atoms with Gasteiger partial charge in [-0.1, -0.05) is 12.1 Å². The number of ether oxygens (including phenoxy) is 1. The summed E-state index contributed by atoms with van der Waals surface area (Å²) < 4.78 is 5.11. The van der Waals surface area contributed by atoms with Gasteiger partial charge in [-0.2, -0.15) is 0 Å². The molecule has 2 atom stereocenters. The van der Waals surface area contributed by atoms with Crippen LogP contribution in [0, 0.1) is 0 Å². The van der Waals surface area contributed by atoms with Crippen LogP contribution in [0.15, 0.2) is 24.3 Å². The molecule has 0 bridgehead atoms. The van der Waals surface area contributed by atoms with Gasteiger partial charge in [0.1, 0.15) is 5.75 Å². The highest BCUT2D eigenvalue weighted by Gasteiger charge is 2.26. The average Bonchev–Trinajstić information content (AvgIpc) is 2.46. The molecule has 4 heteroatoms. The van der Waals surface area contributed by atoms with Crippen molar-refractivity contribution in [2.75, 3.05) is 20.2 Å². The van der Waals surface area contributed by atoms with Crippen LogP contribution in [0.3, 0.4) is 0 Å². The van der Waals surface area contributed by atoms with E-state index in [2.05, 4.69) is 0 Å². The van der Waals surface area contributed by atoms with Crippen LogP contribution in [-0.4, -0.2) is 42.2 Å². The Labute approximate surface area is 114 Å². The number of hydrogen-bond acceptors (Lipinski definition) is 3. The van der Waals surface area contributed by atoms with E-state index >= 15 is 0 Å². The molecule has 4 nitrogen and oxygen atoms in total. The average molecular weight is 263 g/mol. The summed E-state index contributed by atoms with van der Waals surface area (Å²) >= 11 is 0. The van der Waals surface area contributed by atoms with Crippen molar-refractivity contribution in [1.82, 2.24) is 4.90 Å². The van der Waals surface area contributed by atoms with Crippen LogP contribution in [0.1, 0.15) is 31.2 Å². The molecular formula is C15H21NO3. The molecule has 104 valence electrons. The second-order valence-electron chi connectivity index (χ2n) is 5.08. The summed E-state index contributed by atoms with van der Waals surface area (Å²) in [6.45, 7) is 3.11. The lowest BCUT2D eigenvalue weighted by molar-refractivity contribution is -0.135. The number of benzene rings is 1. The van der Waals surface area contributed by atoms with Crippen LogP contribution in [0.25, 0.3) is 0 Å². The molecule has 1 aliphatic rings. The van der Waals surface area contributed by atoms with Crippen LogP contribution >= 0.6 is 0 Å². The molecule has 19 heavy (non-hydrogen) atoms. The van der Waals surface area contributed by atoms with Crippen molar-refractivity contribution in [3.63, 3.8) is 0 Å². The number of aliphatic hydroxyl groups is 1. The maximum Gasteiger partial charge on any atom is 0.229 e. The summed E-state index contributed by atoms with van der Waals surface area (Å²) in [5.41, 5.74) is 0.978. The zero-order valence-electron chi connectivity index (χ0n) is 11.5. The van der Waals surface area contributed by atoms with E-state index in [1.165, 1.54) is 0 Å². The van der Waals surface area contributed by atoms with Crippen LogP contribution in [0.5, 0.6) is 5.75 Å². The Morgan fingerprint density at radius 2 is 2.11 bits per heavy atom. The Morgan fingerprint density at radius 3 is 2.68 bits per heavy atom. The van der Waals surface area contributed by atoms with Crippen molar-refractivity contribution >= 4 is 5.91 Å². The lowest BCUT2D eigenvalue weighted by Crippen LogP contribution is -2.43. The van der Waals surface area contributed by atoms with E-state index in [0.717, 1.165) is 30.7 Å². The van der Waals surface area contributed by atoms with Crippen LogP contribution in [0.4, 0.5) is 0 Å². The molecule has 0 aliphatic carbocycles. The third kappa shape index (κ3) is 3.26. The number of piperidine rings is 1. The minimum Gasteiger partial charge on any atom is -0.497 e. The quantitative estimate of drug-likeness (QED) is 0.904. The van der Waals surface area contributed by atoms with Gasteiger partial charge >= 0.3 is 0 Å². The van der Waals surface area contributed by atoms with Crippen LogP contribution in [0.2, 0.25) is 0 Å². The van der Waals surface area contributed by atoms with Gasteiger partial charge < -0.3 is 14.7 Å². The first-order valence-electron chi connectivity index (χ1n) is 6.72. The van der Waals surface area contributed by atoms with Crippen molar-refractivity contribution in [2.24, 2.45) is 0 Å². The summed E-state index contributed by atoms with van der Waals surface area (Å²) in [5, 5.41) is 9.64. The van der Waals surface area contributed by atoms with Gasteiger partial charge in [-0.15, -0.1) is 0 Å². The Morgan fingerprint density at radius 1 is 1.42 bits per heavy atom. The summed E-state index contributed by atoms with van der Waals surface area (Å²) in [6, 6.07) is 7.57. The molecule has 2 unspecified atom stereocenters. The minimum absolute atomic E-state index is 0.0870. The van der Waals surface area contributed by atoms with E-state index < -0.39 is 0 Å². The molecule has 1 N–H and O–H groups in total. The number of aliphatic hydroxyl groups excluding tert-OH is 1. The highest BCUT2D eigenvalue weighted by molar-refractivity contribution is 5.83. The molecule has 1 amide bonds. The van der Waals surface area contributed by atoms with Gasteiger partial charge in [0.2, 0.25) is 5.91 Å². The smallest absolute Gasteiger partial charge is 0.229 e. The van der Waals surface area contributed by atoms with Crippen LogP contribution < -0.4 is 4.74 Å². The highest BCUT2D eigenvalue weighted by Crippen LogP contribution is 2.22. The van der Waals surface area contributed by atoms with Gasteiger partial charge in [0.05, 0.1) is 19.1 Å². The number of β-amino-alcohol motifs (C(OH)–C–C–N with tert-alkyl or cyclic N) is 1. The standard InChI is InChI=1S/C15H21NO3/c1-11(12-5-7-14(19-2)8-6-12)15(18)16-9-3-4-13(17)10-16/h5-8,11,13,17H,3-4,9-10H2,1-2H3. The Balaban J connectivity index is 2.05. The summed E-state index contributed by atoms with van der Waals surface area (Å²) in [7, 11) is 1.62. The molecule has 0 aromatic heterocycles. The molecule has 1 aliphatic heterocycles. The number of hydrogen-bond donors (Lipinski definition) is 1. The summed E-state index contributed by atoms with van der Waals surface area (Å²) in [6.07, 6.45) is 1.30. The molecule has 0 spiro atoms. The Kier molecular flexibility index (Phi) is 4.43. The molecule has 1 aromatic rings. The number of methoxy groups -OCH3 is 1. The zero-order valence-corrected chi connectivity index (χ0v) is 11.5. The normalized spacial score (nSPS) is 21.0. The fourth-order valence-electron chi connectivity index (χ4n) is 2.46. The van der Waals surface area contributed by atoms with E-state index in [1.807, 2.05) is 31.2 Å². The number of carbonyl (C=O) groups excluding carboxylic acids is 1. The third-order valence-corrected chi connectivity index (χ3v) is 3.69. The minimum atomic E-state index is -0.374. The number of nitrogens with zero attached hydrogens (tertiary/aromatic N) is 1. The first-order chi connectivity index (χ1) is 9.11. The van der Waals surface area contributed by atoms with E-state index in [0.29, 0.717) is 6.54 Å². The third-order valence-electron chi connectivity index (χ3n) is 3.69. The predicted molar refractivity (Wildman–Crippen MR) is 73.2 cm³/mol. The van der Waals surface area contributed by atoms with Gasteiger partial charge in [-0.05, 0) is 37.5 Å². The maximum atomic E-state index is 12.4. The second-order valence-corrected chi connectivity index (χ2v) is 5.08. The van der Waals surface area contributed by atoms with E-state index in [1.54, 1.807) is 12.0 Å². The molecule has 1 fully saturated rings. The van der Waals surface area contributed by atoms with Crippen LogP contribution in [-0.2, 0) is 4.79 Å². The molecule has 1 aromatic carbocycles. The number of amides is 1. The SMILES string of the molecule is COc1ccc(C(C)C(=O)N2CCCC(O)C2)cc1. The van der Waals surface area contributed by atoms with Crippen molar-refractivity contribution < 1.29 is 14.6 Å². The van der Waals surface area contributed by atoms with Gasteiger partial charge in [-0.25, -0.2) is 0 Å². The fourth-order valence-corrected chi connectivity index (χ4v) is 2.46. The molecule has 0 saturated carbocycles. The Hall–Kier alpha value is -1.55. The highest BCUT2D eigenvalue weighted by atomic mass is 16.5. The lowest BCUT2D eigenvalue weighted by Gasteiger charge is -2.32. The Bertz CT molecular complexity index is 430. The topological polar surface area (TPSA) is 49.8 Å². The molecule has 2 rings (SSSR count). The van der Waals surface area contributed by atoms with Gasteiger partial charge in [0.25, 0.3) is 0 Å². The van der Waals surface area contributed by atoms with Crippen molar-refractivity contribution in [3.8, 4) is 5.75 Å². The first-order valence-corrected chi connectivity index (χ1v) is 6.72. The monoisotopic (exact) mass is 263 g/mol. The zero-order chi connectivity index (χ0) is 13.8.